The second-order valence-corrected chi connectivity index (χ2v) is 5.68. The zero-order valence-electron chi connectivity index (χ0n) is 10.7. The summed E-state index contributed by atoms with van der Waals surface area (Å²) in [6, 6.07) is 0. The van der Waals surface area contributed by atoms with Crippen LogP contribution in [0.5, 0.6) is 0 Å². The molecule has 3 rings (SSSR count). The molecule has 0 aromatic carbocycles. The normalized spacial score (nSPS) is 32.2. The van der Waals surface area contributed by atoms with Gasteiger partial charge in [-0.1, -0.05) is 13.0 Å². The number of rotatable bonds is 0. The van der Waals surface area contributed by atoms with Crippen molar-refractivity contribution >= 4 is 5.97 Å². The molecule has 3 aliphatic rings. The molecular formula is C15H18O2. The zero-order chi connectivity index (χ0) is 12.2. The Balaban J connectivity index is 2.25. The first kappa shape index (κ1) is 10.8. The fourth-order valence-electron chi connectivity index (χ4n) is 3.44. The van der Waals surface area contributed by atoms with Gasteiger partial charge in [0.15, 0.2) is 0 Å². The third kappa shape index (κ3) is 1.36. The van der Waals surface area contributed by atoms with Crippen molar-refractivity contribution in [1.82, 2.24) is 0 Å². The van der Waals surface area contributed by atoms with E-state index < -0.39 is 0 Å². The Morgan fingerprint density at radius 3 is 2.82 bits per heavy atom. The molecule has 2 heteroatoms. The van der Waals surface area contributed by atoms with Crippen molar-refractivity contribution in [2.24, 2.45) is 5.41 Å². The highest BCUT2D eigenvalue weighted by Gasteiger charge is 2.43. The molecule has 1 aliphatic heterocycles. The molecule has 0 amide bonds. The number of carbonyl (C=O) groups is 1. The van der Waals surface area contributed by atoms with Crippen LogP contribution in [0.4, 0.5) is 0 Å². The van der Waals surface area contributed by atoms with E-state index in [1.807, 2.05) is 6.92 Å². The standard InChI is InChI=1S/C15H18O2/c1-9-5-4-7-15(3)8-6-11-10(2)14(16)17-13(11)12(9)15/h5H,4,6-8H2,1-3H3. The van der Waals surface area contributed by atoms with Gasteiger partial charge in [0.05, 0.1) is 0 Å². The first-order valence-corrected chi connectivity index (χ1v) is 6.37. The summed E-state index contributed by atoms with van der Waals surface area (Å²) in [7, 11) is 0. The van der Waals surface area contributed by atoms with Crippen molar-refractivity contribution in [2.45, 2.75) is 46.5 Å². The molecule has 0 spiro atoms. The van der Waals surface area contributed by atoms with Crippen LogP contribution in [0.15, 0.2) is 34.1 Å². The lowest BCUT2D eigenvalue weighted by Crippen LogP contribution is -2.28. The summed E-state index contributed by atoms with van der Waals surface area (Å²) in [6.45, 7) is 6.34. The molecule has 1 atom stereocenters. The molecule has 1 heterocycles. The van der Waals surface area contributed by atoms with Crippen molar-refractivity contribution in [1.29, 1.82) is 0 Å². The van der Waals surface area contributed by atoms with E-state index in [4.69, 9.17) is 4.74 Å². The van der Waals surface area contributed by atoms with Gasteiger partial charge >= 0.3 is 5.97 Å². The lowest BCUT2D eigenvalue weighted by atomic mass is 9.64. The summed E-state index contributed by atoms with van der Waals surface area (Å²) >= 11 is 0. The van der Waals surface area contributed by atoms with Gasteiger partial charge in [-0.15, -0.1) is 0 Å². The fraction of sp³-hybridized carbons (Fsp3) is 0.533. The van der Waals surface area contributed by atoms with Crippen LogP contribution in [0.3, 0.4) is 0 Å². The Labute approximate surface area is 102 Å². The Morgan fingerprint density at radius 1 is 1.29 bits per heavy atom. The Bertz CT molecular complexity index is 505. The number of hydrogen-bond acceptors (Lipinski definition) is 2. The minimum absolute atomic E-state index is 0.148. The van der Waals surface area contributed by atoms with Gasteiger partial charge in [-0.25, -0.2) is 4.79 Å². The number of hydrogen-bond donors (Lipinski definition) is 0. The van der Waals surface area contributed by atoms with Crippen LogP contribution in [-0.2, 0) is 9.53 Å². The van der Waals surface area contributed by atoms with Gasteiger partial charge in [0.2, 0.25) is 0 Å². The van der Waals surface area contributed by atoms with E-state index in [2.05, 4.69) is 19.9 Å². The smallest absolute Gasteiger partial charge is 0.339 e. The molecule has 0 aromatic heterocycles. The maximum absolute atomic E-state index is 11.7. The lowest BCUT2D eigenvalue weighted by molar-refractivity contribution is -0.133. The van der Waals surface area contributed by atoms with Gasteiger partial charge < -0.3 is 4.74 Å². The van der Waals surface area contributed by atoms with Crippen LogP contribution >= 0.6 is 0 Å². The molecule has 0 N–H and O–H groups in total. The first-order valence-electron chi connectivity index (χ1n) is 6.37. The molecule has 17 heavy (non-hydrogen) atoms. The molecule has 0 bridgehead atoms. The molecule has 2 nitrogen and oxygen atoms in total. The van der Waals surface area contributed by atoms with E-state index in [1.54, 1.807) is 0 Å². The Kier molecular flexibility index (Phi) is 2.13. The quantitative estimate of drug-likeness (QED) is 0.594. The molecule has 0 fully saturated rings. The molecule has 0 saturated heterocycles. The Morgan fingerprint density at radius 2 is 2.06 bits per heavy atom. The number of esters is 1. The summed E-state index contributed by atoms with van der Waals surface area (Å²) in [5.74, 6) is 0.736. The largest absolute Gasteiger partial charge is 0.423 e. The van der Waals surface area contributed by atoms with Crippen LogP contribution in [-0.4, -0.2) is 5.97 Å². The van der Waals surface area contributed by atoms with Gasteiger partial charge in [-0.2, -0.15) is 0 Å². The van der Waals surface area contributed by atoms with Crippen molar-refractivity contribution in [3.05, 3.63) is 34.1 Å². The van der Waals surface area contributed by atoms with Crippen LogP contribution in [0.25, 0.3) is 0 Å². The lowest BCUT2D eigenvalue weighted by Gasteiger charge is -2.40. The van der Waals surface area contributed by atoms with Gasteiger partial charge in [0.1, 0.15) is 5.76 Å². The highest BCUT2D eigenvalue weighted by atomic mass is 16.5. The van der Waals surface area contributed by atoms with Crippen LogP contribution in [0.2, 0.25) is 0 Å². The zero-order valence-corrected chi connectivity index (χ0v) is 10.7. The van der Waals surface area contributed by atoms with Crippen molar-refractivity contribution in [2.75, 3.05) is 0 Å². The van der Waals surface area contributed by atoms with E-state index >= 15 is 0 Å². The minimum Gasteiger partial charge on any atom is -0.423 e. The van der Waals surface area contributed by atoms with Gasteiger partial charge in [-0.05, 0) is 50.5 Å². The Hall–Kier alpha value is -1.31. The molecule has 0 radical (unpaired) electrons. The SMILES string of the molecule is CC1=CCCC2(C)CCC3=C(C)C(=O)OC3=C12. The topological polar surface area (TPSA) is 26.3 Å². The number of allylic oxidation sites excluding steroid dienone is 4. The van der Waals surface area contributed by atoms with E-state index in [9.17, 15) is 4.79 Å². The second-order valence-electron chi connectivity index (χ2n) is 5.68. The van der Waals surface area contributed by atoms with E-state index in [0.29, 0.717) is 0 Å². The van der Waals surface area contributed by atoms with E-state index in [-0.39, 0.29) is 11.4 Å². The number of fused-ring (bicyclic) bond motifs is 2. The summed E-state index contributed by atoms with van der Waals surface area (Å²) < 4.78 is 5.51. The predicted molar refractivity (Wildman–Crippen MR) is 66.2 cm³/mol. The number of carbonyl (C=O) groups excluding carboxylic acids is 1. The number of ether oxygens (including phenoxy) is 1. The molecule has 2 aliphatic carbocycles. The molecule has 90 valence electrons. The van der Waals surface area contributed by atoms with Crippen LogP contribution in [0.1, 0.15) is 46.5 Å². The maximum atomic E-state index is 11.7. The summed E-state index contributed by atoms with van der Waals surface area (Å²) in [5.41, 5.74) is 4.76. The van der Waals surface area contributed by atoms with Crippen LogP contribution < -0.4 is 0 Å². The summed E-state index contributed by atoms with van der Waals surface area (Å²) in [5, 5.41) is 0. The summed E-state index contributed by atoms with van der Waals surface area (Å²) in [4.78, 5) is 11.7. The third-order valence-electron chi connectivity index (χ3n) is 4.53. The van der Waals surface area contributed by atoms with Gasteiger partial charge in [-0.3, -0.25) is 0 Å². The maximum Gasteiger partial charge on any atom is 0.339 e. The van der Waals surface area contributed by atoms with Crippen molar-refractivity contribution in [3.8, 4) is 0 Å². The van der Waals surface area contributed by atoms with Gasteiger partial charge in [0.25, 0.3) is 0 Å². The molecule has 1 unspecified atom stereocenters. The second kappa shape index (κ2) is 3.34. The highest BCUT2D eigenvalue weighted by Crippen LogP contribution is 2.53. The van der Waals surface area contributed by atoms with Crippen molar-refractivity contribution in [3.63, 3.8) is 0 Å². The minimum atomic E-state index is -0.148. The van der Waals surface area contributed by atoms with Gasteiger partial charge in [0, 0.05) is 16.7 Å². The van der Waals surface area contributed by atoms with E-state index in [1.165, 1.54) is 17.6 Å². The summed E-state index contributed by atoms with van der Waals surface area (Å²) in [6.07, 6.45) is 6.72. The first-order chi connectivity index (χ1) is 8.03. The predicted octanol–water partition coefficient (Wildman–Crippen LogP) is 3.65. The van der Waals surface area contributed by atoms with Crippen molar-refractivity contribution < 1.29 is 9.53 Å². The van der Waals surface area contributed by atoms with E-state index in [0.717, 1.165) is 36.2 Å². The fourth-order valence-corrected chi connectivity index (χ4v) is 3.44. The molecule has 0 saturated carbocycles. The molecule has 0 aromatic rings. The third-order valence-corrected chi connectivity index (χ3v) is 4.53. The average Bonchev–Trinajstić information content (AvgIpc) is 2.54. The van der Waals surface area contributed by atoms with Crippen LogP contribution in [0, 0.1) is 5.41 Å². The average molecular weight is 230 g/mol. The molecular weight excluding hydrogens is 212 g/mol. The highest BCUT2D eigenvalue weighted by molar-refractivity contribution is 5.94. The monoisotopic (exact) mass is 230 g/mol.